The lowest BCUT2D eigenvalue weighted by Crippen LogP contribution is -2.20. The Kier molecular flexibility index (Phi) is 4.40. The molecule has 1 aromatic heterocycles. The highest BCUT2D eigenvalue weighted by molar-refractivity contribution is 7.99. The summed E-state index contributed by atoms with van der Waals surface area (Å²) in [7, 11) is 0. The molecule has 1 heterocycles. The molecule has 2 aromatic rings. The van der Waals surface area contributed by atoms with E-state index in [1.54, 1.807) is 0 Å². The van der Waals surface area contributed by atoms with Crippen LogP contribution in [0.15, 0.2) is 41.8 Å². The summed E-state index contributed by atoms with van der Waals surface area (Å²) < 4.78 is 5.43. The van der Waals surface area contributed by atoms with E-state index >= 15 is 0 Å². The van der Waals surface area contributed by atoms with Gasteiger partial charge in [0, 0.05) is 5.75 Å². The fraction of sp³-hybridized carbons (Fsp3) is 0.273. The summed E-state index contributed by atoms with van der Waals surface area (Å²) in [5, 5.41) is 16.8. The first-order chi connectivity index (χ1) is 8.34. The molecular formula is C11H13N3O2S. The number of thioether (sulfide) groups is 1. The van der Waals surface area contributed by atoms with Crippen LogP contribution in [-0.4, -0.2) is 38.8 Å². The van der Waals surface area contributed by atoms with E-state index in [0.29, 0.717) is 10.9 Å². The number of hydrogen-bond donors (Lipinski definition) is 2. The van der Waals surface area contributed by atoms with Crippen molar-refractivity contribution in [3.05, 3.63) is 36.7 Å². The van der Waals surface area contributed by atoms with Gasteiger partial charge in [-0.25, -0.2) is 4.98 Å². The van der Waals surface area contributed by atoms with Crippen molar-refractivity contribution in [2.75, 3.05) is 12.4 Å². The number of aromatic nitrogens is 3. The molecular weight excluding hydrogens is 238 g/mol. The molecule has 0 aliphatic carbocycles. The van der Waals surface area contributed by atoms with Crippen molar-refractivity contribution < 1.29 is 9.84 Å². The van der Waals surface area contributed by atoms with Crippen molar-refractivity contribution in [3.63, 3.8) is 0 Å². The first-order valence-electron chi connectivity index (χ1n) is 5.18. The molecule has 0 radical (unpaired) electrons. The highest BCUT2D eigenvalue weighted by atomic mass is 32.2. The predicted molar refractivity (Wildman–Crippen MR) is 65.1 cm³/mol. The number of nitrogens with one attached hydrogen (secondary N) is 1. The van der Waals surface area contributed by atoms with Crippen LogP contribution in [0.25, 0.3) is 0 Å². The van der Waals surface area contributed by atoms with Crippen molar-refractivity contribution in [1.29, 1.82) is 0 Å². The quantitative estimate of drug-likeness (QED) is 0.758. The molecule has 17 heavy (non-hydrogen) atoms. The van der Waals surface area contributed by atoms with Gasteiger partial charge in [0.2, 0.25) is 0 Å². The Balaban J connectivity index is 1.69. The van der Waals surface area contributed by atoms with Crippen molar-refractivity contribution in [3.8, 4) is 5.75 Å². The third-order valence-electron chi connectivity index (χ3n) is 1.99. The SMILES string of the molecule is O[C@H](COc1ccccc1)CSc1ncn[nH]1. The van der Waals surface area contributed by atoms with Crippen molar-refractivity contribution >= 4 is 11.8 Å². The molecule has 0 fully saturated rings. The van der Waals surface area contributed by atoms with E-state index in [2.05, 4.69) is 15.2 Å². The molecule has 0 aliphatic rings. The second kappa shape index (κ2) is 6.27. The van der Waals surface area contributed by atoms with Crippen LogP contribution in [0, 0.1) is 0 Å². The summed E-state index contributed by atoms with van der Waals surface area (Å²) in [6.45, 7) is 0.269. The zero-order valence-electron chi connectivity index (χ0n) is 9.11. The number of rotatable bonds is 6. The Labute approximate surface area is 103 Å². The molecule has 0 saturated heterocycles. The van der Waals surface area contributed by atoms with Crippen LogP contribution in [0.3, 0.4) is 0 Å². The summed E-state index contributed by atoms with van der Waals surface area (Å²) in [6, 6.07) is 9.42. The average molecular weight is 251 g/mol. The molecule has 0 amide bonds. The number of para-hydroxylation sites is 1. The molecule has 0 spiro atoms. The Hall–Kier alpha value is -1.53. The maximum absolute atomic E-state index is 9.70. The summed E-state index contributed by atoms with van der Waals surface area (Å²) in [6.07, 6.45) is 0.903. The number of H-pyrrole nitrogens is 1. The first-order valence-corrected chi connectivity index (χ1v) is 6.17. The van der Waals surface area contributed by atoms with E-state index in [-0.39, 0.29) is 6.61 Å². The van der Waals surface area contributed by atoms with Gasteiger partial charge in [-0.2, -0.15) is 5.10 Å². The highest BCUT2D eigenvalue weighted by Gasteiger charge is 2.07. The Morgan fingerprint density at radius 1 is 1.35 bits per heavy atom. The van der Waals surface area contributed by atoms with Gasteiger partial charge in [0.15, 0.2) is 5.16 Å². The number of nitrogens with zero attached hydrogens (tertiary/aromatic N) is 2. The molecule has 0 aliphatic heterocycles. The summed E-state index contributed by atoms with van der Waals surface area (Å²) >= 11 is 1.41. The second-order valence-corrected chi connectivity index (χ2v) is 4.39. The predicted octanol–water partition coefficient (Wildman–Crippen LogP) is 1.34. The molecule has 1 aromatic carbocycles. The van der Waals surface area contributed by atoms with E-state index in [9.17, 15) is 5.11 Å². The molecule has 6 heteroatoms. The molecule has 5 nitrogen and oxygen atoms in total. The smallest absolute Gasteiger partial charge is 0.183 e. The van der Waals surface area contributed by atoms with Crippen LogP contribution in [0.2, 0.25) is 0 Å². The van der Waals surface area contributed by atoms with Gasteiger partial charge in [0.05, 0.1) is 6.10 Å². The van der Waals surface area contributed by atoms with Crippen LogP contribution >= 0.6 is 11.8 Å². The zero-order valence-corrected chi connectivity index (χ0v) is 9.93. The van der Waals surface area contributed by atoms with Crippen LogP contribution in [-0.2, 0) is 0 Å². The second-order valence-electron chi connectivity index (χ2n) is 3.38. The van der Waals surface area contributed by atoms with Crippen LogP contribution in [0.5, 0.6) is 5.75 Å². The largest absolute Gasteiger partial charge is 0.491 e. The number of aliphatic hydroxyl groups excluding tert-OH is 1. The van der Waals surface area contributed by atoms with Crippen molar-refractivity contribution in [2.24, 2.45) is 0 Å². The van der Waals surface area contributed by atoms with Crippen molar-refractivity contribution in [1.82, 2.24) is 15.2 Å². The van der Waals surface area contributed by atoms with Gasteiger partial charge in [-0.1, -0.05) is 30.0 Å². The fourth-order valence-corrected chi connectivity index (χ4v) is 1.88. The van der Waals surface area contributed by atoms with E-state index in [4.69, 9.17) is 4.74 Å². The van der Waals surface area contributed by atoms with Crippen molar-refractivity contribution in [2.45, 2.75) is 11.3 Å². The molecule has 1 atom stereocenters. The number of aromatic amines is 1. The van der Waals surface area contributed by atoms with Gasteiger partial charge < -0.3 is 9.84 Å². The molecule has 2 rings (SSSR count). The third kappa shape index (κ3) is 4.08. The van der Waals surface area contributed by atoms with E-state index in [1.807, 2.05) is 30.3 Å². The Morgan fingerprint density at radius 3 is 2.88 bits per heavy atom. The monoisotopic (exact) mass is 251 g/mol. The minimum absolute atomic E-state index is 0.269. The summed E-state index contributed by atoms with van der Waals surface area (Å²) in [5.41, 5.74) is 0. The maximum Gasteiger partial charge on any atom is 0.183 e. The zero-order chi connectivity index (χ0) is 11.9. The summed E-state index contributed by atoms with van der Waals surface area (Å²) in [5.74, 6) is 1.28. The minimum atomic E-state index is -0.537. The van der Waals surface area contributed by atoms with Gasteiger partial charge >= 0.3 is 0 Å². The van der Waals surface area contributed by atoms with Gasteiger partial charge in [-0.15, -0.1) is 0 Å². The third-order valence-corrected chi connectivity index (χ3v) is 3.01. The van der Waals surface area contributed by atoms with Gasteiger partial charge in [0.25, 0.3) is 0 Å². The molecule has 90 valence electrons. The van der Waals surface area contributed by atoms with Gasteiger partial charge in [-0.05, 0) is 12.1 Å². The molecule has 0 saturated carbocycles. The van der Waals surface area contributed by atoms with Crippen LogP contribution < -0.4 is 4.74 Å². The van der Waals surface area contributed by atoms with Gasteiger partial charge in [0.1, 0.15) is 18.7 Å². The molecule has 0 unspecified atom stereocenters. The number of hydrogen-bond acceptors (Lipinski definition) is 5. The first kappa shape index (κ1) is 11.9. The van der Waals surface area contributed by atoms with Gasteiger partial charge in [-0.3, -0.25) is 5.10 Å². The Bertz CT molecular complexity index is 422. The number of aliphatic hydroxyl groups is 1. The molecule has 2 N–H and O–H groups in total. The lowest BCUT2D eigenvalue weighted by molar-refractivity contribution is 0.126. The number of ether oxygens (including phenoxy) is 1. The topological polar surface area (TPSA) is 71.0 Å². The summed E-state index contributed by atoms with van der Waals surface area (Å²) in [4.78, 5) is 3.95. The van der Waals surface area contributed by atoms with Crippen LogP contribution in [0.1, 0.15) is 0 Å². The maximum atomic E-state index is 9.70. The number of benzene rings is 1. The van der Waals surface area contributed by atoms with E-state index in [1.165, 1.54) is 18.1 Å². The fourth-order valence-electron chi connectivity index (χ4n) is 1.20. The Morgan fingerprint density at radius 2 is 2.18 bits per heavy atom. The van der Waals surface area contributed by atoms with E-state index < -0.39 is 6.10 Å². The standard InChI is InChI=1S/C11H13N3O2S/c15-9(7-17-11-12-8-13-14-11)6-16-10-4-2-1-3-5-10/h1-5,8-9,15H,6-7H2,(H,12,13,14)/t9-/m1/s1. The highest BCUT2D eigenvalue weighted by Crippen LogP contribution is 2.13. The van der Waals surface area contributed by atoms with Crippen LogP contribution in [0.4, 0.5) is 0 Å². The average Bonchev–Trinajstić information content (AvgIpc) is 2.88. The lowest BCUT2D eigenvalue weighted by Gasteiger charge is -2.10. The normalized spacial score (nSPS) is 12.3. The molecule has 0 bridgehead atoms. The van der Waals surface area contributed by atoms with E-state index in [0.717, 1.165) is 5.75 Å². The minimum Gasteiger partial charge on any atom is -0.491 e. The lowest BCUT2D eigenvalue weighted by atomic mass is 10.3.